The average Bonchev–Trinajstić information content (AvgIpc) is 2.37. The number of rotatable bonds is 3. The number of aryl methyl sites for hydroxylation is 4. The molecular weight excluding hydrogens is 248 g/mol. The Morgan fingerprint density at radius 3 is 1.05 bits per heavy atom. The minimum Gasteiger partial charge on any atom is -0.204 e. The molecule has 0 saturated heterocycles. The third kappa shape index (κ3) is 2.37. The van der Waals surface area contributed by atoms with Gasteiger partial charge in [-0.25, -0.2) is 11.1 Å². The molecular formula is C16H18N4. The van der Waals surface area contributed by atoms with E-state index in [1.54, 1.807) is 0 Å². The molecule has 0 spiro atoms. The van der Waals surface area contributed by atoms with Gasteiger partial charge in [0.05, 0.1) is 11.4 Å². The van der Waals surface area contributed by atoms with Gasteiger partial charge in [0.15, 0.2) is 0 Å². The molecule has 0 atom stereocenters. The van der Waals surface area contributed by atoms with E-state index in [1.165, 1.54) is 0 Å². The first-order chi connectivity index (χ1) is 9.47. The van der Waals surface area contributed by atoms with Gasteiger partial charge in [-0.1, -0.05) is 0 Å². The second-order valence-corrected chi connectivity index (χ2v) is 5.14. The van der Waals surface area contributed by atoms with Crippen LogP contribution in [0.4, 0.5) is 11.4 Å². The lowest BCUT2D eigenvalue weighted by Gasteiger charge is -2.11. The lowest BCUT2D eigenvalue weighted by Crippen LogP contribution is -1.88. The number of hydrogen-bond acceptors (Lipinski definition) is 4. The summed E-state index contributed by atoms with van der Waals surface area (Å²) in [5.41, 5.74) is 22.1. The summed E-state index contributed by atoms with van der Waals surface area (Å²) in [7, 11) is 0. The van der Waals surface area contributed by atoms with E-state index in [0.29, 0.717) is 0 Å². The molecule has 0 aliphatic heterocycles. The topological polar surface area (TPSA) is 72.4 Å². The highest BCUT2D eigenvalue weighted by atomic mass is 15.0. The third-order valence-corrected chi connectivity index (χ3v) is 3.54. The number of hydrogen-bond donors (Lipinski definition) is 2. The molecule has 0 amide bonds. The lowest BCUT2D eigenvalue weighted by atomic mass is 9.95. The van der Waals surface area contributed by atoms with Crippen molar-refractivity contribution in [3.8, 4) is 11.1 Å². The van der Waals surface area contributed by atoms with Gasteiger partial charge in [0, 0.05) is 0 Å². The van der Waals surface area contributed by atoms with E-state index in [-0.39, 0.29) is 0 Å². The SMILES string of the molecule is Cc1cc(-c2cc(C)c(N=N)c(C)c2)cc(C)c1N=N. The smallest absolute Gasteiger partial charge is 0.0908 e. The van der Waals surface area contributed by atoms with E-state index >= 15 is 0 Å². The van der Waals surface area contributed by atoms with E-state index < -0.39 is 0 Å². The molecule has 4 nitrogen and oxygen atoms in total. The van der Waals surface area contributed by atoms with Crippen LogP contribution in [-0.2, 0) is 0 Å². The lowest BCUT2D eigenvalue weighted by molar-refractivity contribution is 1.11. The Morgan fingerprint density at radius 2 is 0.850 bits per heavy atom. The highest BCUT2D eigenvalue weighted by Gasteiger charge is 2.09. The van der Waals surface area contributed by atoms with E-state index in [4.69, 9.17) is 11.1 Å². The molecule has 0 unspecified atom stereocenters. The Morgan fingerprint density at radius 1 is 0.600 bits per heavy atom. The Bertz CT molecular complexity index is 594. The van der Waals surface area contributed by atoms with Gasteiger partial charge in [-0.2, -0.15) is 10.2 Å². The second kappa shape index (κ2) is 5.33. The summed E-state index contributed by atoms with van der Waals surface area (Å²) in [6, 6.07) is 8.19. The summed E-state index contributed by atoms with van der Waals surface area (Å²) in [5.74, 6) is 0. The molecule has 0 saturated carbocycles. The van der Waals surface area contributed by atoms with Crippen LogP contribution in [0.15, 0.2) is 34.5 Å². The number of benzene rings is 2. The van der Waals surface area contributed by atoms with Crippen molar-refractivity contribution < 1.29 is 0 Å². The van der Waals surface area contributed by atoms with Crippen molar-refractivity contribution in [1.82, 2.24) is 0 Å². The third-order valence-electron chi connectivity index (χ3n) is 3.54. The summed E-state index contributed by atoms with van der Waals surface area (Å²) >= 11 is 0. The zero-order valence-corrected chi connectivity index (χ0v) is 12.2. The Hall–Kier alpha value is -2.36. The van der Waals surface area contributed by atoms with Gasteiger partial charge in [0.25, 0.3) is 0 Å². The molecule has 0 aliphatic carbocycles. The second-order valence-electron chi connectivity index (χ2n) is 5.14. The highest BCUT2D eigenvalue weighted by molar-refractivity contribution is 5.73. The molecule has 20 heavy (non-hydrogen) atoms. The van der Waals surface area contributed by atoms with Crippen LogP contribution in [0.2, 0.25) is 0 Å². The molecule has 0 aromatic heterocycles. The minimum absolute atomic E-state index is 0.736. The van der Waals surface area contributed by atoms with Crippen molar-refractivity contribution in [3.05, 3.63) is 46.5 Å². The van der Waals surface area contributed by atoms with E-state index in [0.717, 1.165) is 44.8 Å². The standard InChI is InChI=1S/C16H18N4/c1-9-5-13(6-10(2)15(9)19-17)14-7-11(3)16(20-18)12(4)8-14/h5-8,17-18H,1-4H3. The average molecular weight is 266 g/mol. The summed E-state index contributed by atoms with van der Waals surface area (Å²) in [4.78, 5) is 0. The molecule has 2 rings (SSSR count). The molecule has 102 valence electrons. The van der Waals surface area contributed by atoms with E-state index in [9.17, 15) is 0 Å². The van der Waals surface area contributed by atoms with Gasteiger partial charge >= 0.3 is 0 Å². The molecule has 0 heterocycles. The van der Waals surface area contributed by atoms with Gasteiger partial charge < -0.3 is 0 Å². The molecule has 0 radical (unpaired) electrons. The predicted molar refractivity (Wildman–Crippen MR) is 80.4 cm³/mol. The van der Waals surface area contributed by atoms with Crippen molar-refractivity contribution in [2.75, 3.05) is 0 Å². The first-order valence-corrected chi connectivity index (χ1v) is 6.45. The molecule has 4 heteroatoms. The van der Waals surface area contributed by atoms with E-state index in [2.05, 4.69) is 10.2 Å². The van der Waals surface area contributed by atoms with Crippen molar-refractivity contribution in [1.29, 1.82) is 11.1 Å². The van der Waals surface area contributed by atoms with E-state index in [1.807, 2.05) is 52.0 Å². The predicted octanol–water partition coefficient (Wildman–Crippen LogP) is 5.91. The van der Waals surface area contributed by atoms with Crippen LogP contribution < -0.4 is 0 Å². The number of nitrogens with zero attached hydrogens (tertiary/aromatic N) is 2. The quantitative estimate of drug-likeness (QED) is 0.648. The fourth-order valence-corrected chi connectivity index (χ4v) is 2.60. The summed E-state index contributed by atoms with van der Waals surface area (Å²) in [6.07, 6.45) is 0. The van der Waals surface area contributed by atoms with Crippen LogP contribution in [0.3, 0.4) is 0 Å². The van der Waals surface area contributed by atoms with Crippen molar-refractivity contribution in [2.24, 2.45) is 10.2 Å². The maximum atomic E-state index is 7.21. The van der Waals surface area contributed by atoms with Crippen LogP contribution in [0, 0.1) is 38.8 Å². The van der Waals surface area contributed by atoms with Gasteiger partial charge in [0.1, 0.15) is 0 Å². The number of nitrogens with one attached hydrogen (secondary N) is 2. The van der Waals surface area contributed by atoms with Gasteiger partial charge in [0.2, 0.25) is 0 Å². The first-order valence-electron chi connectivity index (χ1n) is 6.45. The maximum Gasteiger partial charge on any atom is 0.0908 e. The Kier molecular flexibility index (Phi) is 3.74. The summed E-state index contributed by atoms with van der Waals surface area (Å²) < 4.78 is 0. The molecule has 2 aromatic rings. The zero-order valence-electron chi connectivity index (χ0n) is 12.2. The van der Waals surface area contributed by atoms with Crippen LogP contribution in [0.5, 0.6) is 0 Å². The summed E-state index contributed by atoms with van der Waals surface area (Å²) in [6.45, 7) is 7.88. The molecule has 0 bridgehead atoms. The maximum absolute atomic E-state index is 7.21. The van der Waals surface area contributed by atoms with Gasteiger partial charge in [-0.15, -0.1) is 0 Å². The van der Waals surface area contributed by atoms with Crippen LogP contribution in [-0.4, -0.2) is 0 Å². The van der Waals surface area contributed by atoms with Crippen molar-refractivity contribution in [2.45, 2.75) is 27.7 Å². The fraction of sp³-hybridized carbons (Fsp3) is 0.250. The first kappa shape index (κ1) is 14.1. The Balaban J connectivity index is 2.63. The van der Waals surface area contributed by atoms with Crippen molar-refractivity contribution in [3.63, 3.8) is 0 Å². The molecule has 0 aliphatic rings. The van der Waals surface area contributed by atoms with Gasteiger partial charge in [-0.05, 0) is 85.3 Å². The summed E-state index contributed by atoms with van der Waals surface area (Å²) in [5, 5.41) is 7.15. The minimum atomic E-state index is 0.736. The van der Waals surface area contributed by atoms with Crippen LogP contribution >= 0.6 is 0 Å². The van der Waals surface area contributed by atoms with Crippen LogP contribution in [0.1, 0.15) is 22.3 Å². The largest absolute Gasteiger partial charge is 0.204 e. The molecule has 0 fully saturated rings. The van der Waals surface area contributed by atoms with Crippen LogP contribution in [0.25, 0.3) is 11.1 Å². The Labute approximate surface area is 118 Å². The molecule has 2 aromatic carbocycles. The van der Waals surface area contributed by atoms with Gasteiger partial charge in [-0.3, -0.25) is 0 Å². The normalized spacial score (nSPS) is 10.4. The highest BCUT2D eigenvalue weighted by Crippen LogP contribution is 2.34. The monoisotopic (exact) mass is 266 g/mol. The zero-order chi connectivity index (χ0) is 14.9. The van der Waals surface area contributed by atoms with Crippen molar-refractivity contribution >= 4 is 11.4 Å². The fourth-order valence-electron chi connectivity index (χ4n) is 2.60. The molecule has 2 N–H and O–H groups in total.